The lowest BCUT2D eigenvalue weighted by molar-refractivity contribution is 0.167. The van der Waals surface area contributed by atoms with Crippen LogP contribution in [0.3, 0.4) is 0 Å². The summed E-state index contributed by atoms with van der Waals surface area (Å²) < 4.78 is 1.87. The molecule has 0 aromatic carbocycles. The first-order valence-electron chi connectivity index (χ1n) is 6.47. The first-order chi connectivity index (χ1) is 8.04. The van der Waals surface area contributed by atoms with Gasteiger partial charge in [0.25, 0.3) is 0 Å². The molecule has 0 saturated heterocycles. The minimum atomic E-state index is 0.272. The third kappa shape index (κ3) is 3.07. The van der Waals surface area contributed by atoms with Gasteiger partial charge in [-0.3, -0.25) is 9.58 Å². The molecule has 1 heterocycles. The van der Waals surface area contributed by atoms with E-state index in [0.29, 0.717) is 12.6 Å². The standard InChI is InChI=1S/C13H26N4/c1-6-11(7-2)17(5)13(8-14)12-9-16(4)15-10(12)3/h9,11,13H,6-8,14H2,1-5H3. The van der Waals surface area contributed by atoms with Gasteiger partial charge in [-0.1, -0.05) is 13.8 Å². The summed E-state index contributed by atoms with van der Waals surface area (Å²) in [4.78, 5) is 2.39. The Morgan fingerprint density at radius 2 is 2.00 bits per heavy atom. The second-order valence-electron chi connectivity index (χ2n) is 4.73. The van der Waals surface area contributed by atoms with Crippen LogP contribution >= 0.6 is 0 Å². The highest BCUT2D eigenvalue weighted by atomic mass is 15.3. The molecule has 0 aliphatic rings. The molecule has 1 aromatic heterocycles. The van der Waals surface area contributed by atoms with Gasteiger partial charge in [0.05, 0.1) is 11.7 Å². The van der Waals surface area contributed by atoms with E-state index in [1.807, 2.05) is 11.7 Å². The number of hydrogen-bond acceptors (Lipinski definition) is 3. The molecule has 1 rings (SSSR count). The van der Waals surface area contributed by atoms with Crippen molar-refractivity contribution in [3.63, 3.8) is 0 Å². The molecule has 0 radical (unpaired) electrons. The van der Waals surface area contributed by atoms with Crippen LogP contribution in [-0.2, 0) is 7.05 Å². The number of hydrogen-bond donors (Lipinski definition) is 1. The molecule has 4 nitrogen and oxygen atoms in total. The molecule has 17 heavy (non-hydrogen) atoms. The van der Waals surface area contributed by atoms with Crippen molar-refractivity contribution >= 4 is 0 Å². The number of nitrogens with zero attached hydrogens (tertiary/aromatic N) is 3. The van der Waals surface area contributed by atoms with E-state index < -0.39 is 0 Å². The maximum Gasteiger partial charge on any atom is 0.0641 e. The van der Waals surface area contributed by atoms with Gasteiger partial charge >= 0.3 is 0 Å². The summed E-state index contributed by atoms with van der Waals surface area (Å²) in [6.45, 7) is 7.15. The summed E-state index contributed by atoms with van der Waals surface area (Å²) in [6.07, 6.45) is 4.40. The Kier molecular flexibility index (Phi) is 5.15. The Morgan fingerprint density at radius 1 is 1.41 bits per heavy atom. The van der Waals surface area contributed by atoms with E-state index in [1.165, 1.54) is 5.56 Å². The van der Waals surface area contributed by atoms with E-state index in [9.17, 15) is 0 Å². The monoisotopic (exact) mass is 238 g/mol. The number of aryl methyl sites for hydroxylation is 2. The molecule has 1 atom stereocenters. The van der Waals surface area contributed by atoms with Gasteiger partial charge in [-0.15, -0.1) is 0 Å². The maximum absolute atomic E-state index is 5.95. The lowest BCUT2D eigenvalue weighted by atomic mass is 10.0. The van der Waals surface area contributed by atoms with Crippen LogP contribution in [-0.4, -0.2) is 34.3 Å². The molecule has 0 spiro atoms. The number of aromatic nitrogens is 2. The van der Waals surface area contributed by atoms with Crippen molar-refractivity contribution in [1.29, 1.82) is 0 Å². The lowest BCUT2D eigenvalue weighted by Crippen LogP contribution is -2.38. The van der Waals surface area contributed by atoms with Gasteiger partial charge < -0.3 is 5.73 Å². The van der Waals surface area contributed by atoms with Gasteiger partial charge in [-0.05, 0) is 26.8 Å². The highest BCUT2D eigenvalue weighted by molar-refractivity contribution is 5.20. The Bertz CT molecular complexity index is 341. The number of likely N-dealkylation sites (N-methyl/N-ethyl adjacent to an activating group) is 1. The highest BCUT2D eigenvalue weighted by Gasteiger charge is 2.23. The van der Waals surface area contributed by atoms with E-state index in [4.69, 9.17) is 5.73 Å². The second-order valence-corrected chi connectivity index (χ2v) is 4.73. The fourth-order valence-electron chi connectivity index (χ4n) is 2.58. The van der Waals surface area contributed by atoms with Crippen molar-refractivity contribution in [1.82, 2.24) is 14.7 Å². The lowest BCUT2D eigenvalue weighted by Gasteiger charge is -2.33. The first-order valence-corrected chi connectivity index (χ1v) is 6.47. The summed E-state index contributed by atoms with van der Waals surface area (Å²) in [6, 6.07) is 0.858. The normalized spacial score (nSPS) is 13.6. The van der Waals surface area contributed by atoms with Crippen LogP contribution in [0.25, 0.3) is 0 Å². The molecular formula is C13H26N4. The summed E-state index contributed by atoms with van der Waals surface area (Å²) in [7, 11) is 4.13. The van der Waals surface area contributed by atoms with Gasteiger partial charge in [0.2, 0.25) is 0 Å². The zero-order valence-electron chi connectivity index (χ0n) is 11.8. The molecule has 0 fully saturated rings. The third-order valence-corrected chi connectivity index (χ3v) is 3.64. The minimum Gasteiger partial charge on any atom is -0.329 e. The number of nitrogens with two attached hydrogens (primary N) is 1. The van der Waals surface area contributed by atoms with E-state index in [2.05, 4.69) is 44.0 Å². The van der Waals surface area contributed by atoms with Crippen LogP contribution in [0.2, 0.25) is 0 Å². The molecule has 2 N–H and O–H groups in total. The van der Waals surface area contributed by atoms with Gasteiger partial charge in [0.1, 0.15) is 0 Å². The second kappa shape index (κ2) is 6.17. The predicted octanol–water partition coefficient (Wildman–Crippen LogP) is 1.85. The molecule has 4 heteroatoms. The average molecular weight is 238 g/mol. The SMILES string of the molecule is CCC(CC)N(C)C(CN)c1cn(C)nc1C. The van der Waals surface area contributed by atoms with Crippen molar-refractivity contribution in [3.8, 4) is 0 Å². The average Bonchev–Trinajstić information content (AvgIpc) is 2.61. The molecule has 1 aromatic rings. The van der Waals surface area contributed by atoms with Crippen LogP contribution in [0.5, 0.6) is 0 Å². The fourth-order valence-corrected chi connectivity index (χ4v) is 2.58. The van der Waals surface area contributed by atoms with Crippen molar-refractivity contribution in [2.75, 3.05) is 13.6 Å². The molecule has 0 amide bonds. The van der Waals surface area contributed by atoms with E-state index in [1.54, 1.807) is 0 Å². The summed E-state index contributed by atoms with van der Waals surface area (Å²) in [5, 5.41) is 4.41. The molecular weight excluding hydrogens is 212 g/mol. The van der Waals surface area contributed by atoms with Crippen molar-refractivity contribution in [2.24, 2.45) is 12.8 Å². The predicted molar refractivity (Wildman–Crippen MR) is 71.9 cm³/mol. The quantitative estimate of drug-likeness (QED) is 0.822. The summed E-state index contributed by atoms with van der Waals surface area (Å²) >= 11 is 0. The molecule has 0 bridgehead atoms. The molecule has 98 valence electrons. The smallest absolute Gasteiger partial charge is 0.0641 e. The van der Waals surface area contributed by atoms with Gasteiger partial charge in [0, 0.05) is 31.4 Å². The Labute approximate surface area is 105 Å². The molecule has 1 unspecified atom stereocenters. The van der Waals surface area contributed by atoms with Crippen LogP contribution in [0.1, 0.15) is 44.0 Å². The van der Waals surface area contributed by atoms with Crippen LogP contribution in [0.4, 0.5) is 0 Å². The molecule has 0 aliphatic carbocycles. The maximum atomic E-state index is 5.95. The Hall–Kier alpha value is -0.870. The Balaban J connectivity index is 2.94. The van der Waals surface area contributed by atoms with E-state index >= 15 is 0 Å². The van der Waals surface area contributed by atoms with Crippen molar-refractivity contribution in [3.05, 3.63) is 17.5 Å². The molecule has 0 aliphatic heterocycles. The molecule has 0 saturated carbocycles. The summed E-state index contributed by atoms with van der Waals surface area (Å²) in [5.41, 5.74) is 8.29. The van der Waals surface area contributed by atoms with Crippen LogP contribution in [0, 0.1) is 6.92 Å². The van der Waals surface area contributed by atoms with E-state index in [0.717, 1.165) is 18.5 Å². The summed E-state index contributed by atoms with van der Waals surface area (Å²) in [5.74, 6) is 0. The van der Waals surface area contributed by atoms with Crippen LogP contribution < -0.4 is 5.73 Å². The van der Waals surface area contributed by atoms with Crippen molar-refractivity contribution in [2.45, 2.75) is 45.7 Å². The largest absolute Gasteiger partial charge is 0.329 e. The van der Waals surface area contributed by atoms with Crippen molar-refractivity contribution < 1.29 is 0 Å². The first kappa shape index (κ1) is 14.2. The zero-order chi connectivity index (χ0) is 13.0. The topological polar surface area (TPSA) is 47.1 Å². The van der Waals surface area contributed by atoms with Crippen LogP contribution in [0.15, 0.2) is 6.20 Å². The van der Waals surface area contributed by atoms with Gasteiger partial charge in [-0.25, -0.2) is 0 Å². The van der Waals surface area contributed by atoms with E-state index in [-0.39, 0.29) is 6.04 Å². The van der Waals surface area contributed by atoms with Gasteiger partial charge in [0.15, 0.2) is 0 Å². The zero-order valence-corrected chi connectivity index (χ0v) is 11.8. The fraction of sp³-hybridized carbons (Fsp3) is 0.769. The third-order valence-electron chi connectivity index (χ3n) is 3.64. The number of rotatable bonds is 6. The Morgan fingerprint density at radius 3 is 2.35 bits per heavy atom. The highest BCUT2D eigenvalue weighted by Crippen LogP contribution is 2.24. The minimum absolute atomic E-state index is 0.272. The van der Waals surface area contributed by atoms with Gasteiger partial charge in [-0.2, -0.15) is 5.10 Å².